The number of rotatable bonds is 6. The minimum absolute atomic E-state index is 0.0737. The number of methoxy groups -OCH3 is 1. The summed E-state index contributed by atoms with van der Waals surface area (Å²) in [6.45, 7) is 0.372. The van der Waals surface area contributed by atoms with Crippen molar-refractivity contribution in [3.63, 3.8) is 0 Å². The highest BCUT2D eigenvalue weighted by Gasteiger charge is 2.24. The Labute approximate surface area is 134 Å². The van der Waals surface area contributed by atoms with E-state index in [9.17, 15) is 9.90 Å². The smallest absolute Gasteiger partial charge is 0.255 e. The van der Waals surface area contributed by atoms with E-state index in [-0.39, 0.29) is 23.3 Å². The summed E-state index contributed by atoms with van der Waals surface area (Å²) in [5.41, 5.74) is 1.26. The second-order valence-electron chi connectivity index (χ2n) is 5.56. The van der Waals surface area contributed by atoms with Gasteiger partial charge in [0.2, 0.25) is 0 Å². The van der Waals surface area contributed by atoms with Gasteiger partial charge >= 0.3 is 0 Å². The van der Waals surface area contributed by atoms with Crippen LogP contribution in [0.5, 0.6) is 17.2 Å². The molecule has 0 bridgehead atoms. The molecule has 5 nitrogen and oxygen atoms in total. The predicted molar refractivity (Wildman–Crippen MR) is 85.9 cm³/mol. The van der Waals surface area contributed by atoms with Gasteiger partial charge in [-0.3, -0.25) is 4.79 Å². The van der Waals surface area contributed by atoms with Crippen LogP contribution >= 0.6 is 0 Å². The first-order chi connectivity index (χ1) is 11.2. The van der Waals surface area contributed by atoms with Crippen molar-refractivity contribution in [2.45, 2.75) is 25.5 Å². The number of carbonyl (C=O) groups excluding carboxylic acids is 1. The maximum atomic E-state index is 11.9. The van der Waals surface area contributed by atoms with Gasteiger partial charge in [-0.05, 0) is 42.7 Å². The molecule has 0 spiro atoms. The largest absolute Gasteiger partial charge is 0.507 e. The van der Waals surface area contributed by atoms with Crippen molar-refractivity contribution >= 4 is 5.91 Å². The third-order valence-corrected chi connectivity index (χ3v) is 3.69. The van der Waals surface area contributed by atoms with Crippen LogP contribution in [-0.4, -0.2) is 24.2 Å². The number of amides is 1. The first-order valence-electron chi connectivity index (χ1n) is 7.55. The van der Waals surface area contributed by atoms with E-state index in [4.69, 9.17) is 9.47 Å². The molecule has 0 aliphatic heterocycles. The van der Waals surface area contributed by atoms with Crippen LogP contribution in [0.25, 0.3) is 0 Å². The Morgan fingerprint density at radius 2 is 1.87 bits per heavy atom. The molecule has 0 radical (unpaired) electrons. The van der Waals surface area contributed by atoms with E-state index in [1.807, 2.05) is 24.3 Å². The maximum Gasteiger partial charge on any atom is 0.255 e. The number of aromatic hydroxyl groups is 1. The molecule has 5 heteroatoms. The van der Waals surface area contributed by atoms with Crippen molar-refractivity contribution in [2.75, 3.05) is 7.11 Å². The SMILES string of the molecule is COc1ccc(COc2ccc(C(=O)NC3CC3)c(O)c2)cc1. The zero-order valence-electron chi connectivity index (χ0n) is 12.9. The summed E-state index contributed by atoms with van der Waals surface area (Å²) in [7, 11) is 1.62. The van der Waals surface area contributed by atoms with Crippen molar-refractivity contribution < 1.29 is 19.4 Å². The average molecular weight is 313 g/mol. The maximum absolute atomic E-state index is 11.9. The molecular formula is C18H19NO4. The Balaban J connectivity index is 1.61. The summed E-state index contributed by atoms with van der Waals surface area (Å²) < 4.78 is 10.7. The third-order valence-electron chi connectivity index (χ3n) is 3.69. The highest BCUT2D eigenvalue weighted by Crippen LogP contribution is 2.26. The lowest BCUT2D eigenvalue weighted by Gasteiger charge is -2.10. The molecule has 23 heavy (non-hydrogen) atoms. The summed E-state index contributed by atoms with van der Waals surface area (Å²) in [4.78, 5) is 11.9. The Morgan fingerprint density at radius 1 is 1.17 bits per heavy atom. The van der Waals surface area contributed by atoms with Crippen LogP contribution in [0, 0.1) is 0 Å². The molecule has 1 saturated carbocycles. The summed E-state index contributed by atoms with van der Waals surface area (Å²) in [6, 6.07) is 12.5. The van der Waals surface area contributed by atoms with Gasteiger partial charge in [0.25, 0.3) is 5.91 Å². The van der Waals surface area contributed by atoms with Gasteiger partial charge < -0.3 is 19.9 Å². The Morgan fingerprint density at radius 3 is 2.48 bits per heavy atom. The molecule has 2 aromatic carbocycles. The summed E-state index contributed by atoms with van der Waals surface area (Å²) in [5.74, 6) is 0.987. The summed E-state index contributed by atoms with van der Waals surface area (Å²) in [6.07, 6.45) is 2.02. The molecule has 0 atom stereocenters. The van der Waals surface area contributed by atoms with Crippen LogP contribution in [0.4, 0.5) is 0 Å². The van der Waals surface area contributed by atoms with Gasteiger partial charge in [-0.1, -0.05) is 12.1 Å². The molecule has 1 amide bonds. The number of benzene rings is 2. The quantitative estimate of drug-likeness (QED) is 0.860. The molecular weight excluding hydrogens is 294 g/mol. The molecule has 1 fully saturated rings. The zero-order chi connectivity index (χ0) is 16.2. The molecule has 0 unspecified atom stereocenters. The topological polar surface area (TPSA) is 67.8 Å². The molecule has 0 saturated heterocycles. The van der Waals surface area contributed by atoms with Crippen molar-refractivity contribution in [3.05, 3.63) is 53.6 Å². The lowest BCUT2D eigenvalue weighted by Crippen LogP contribution is -2.25. The fraction of sp³-hybridized carbons (Fsp3) is 0.278. The van der Waals surface area contributed by atoms with E-state index < -0.39 is 0 Å². The van der Waals surface area contributed by atoms with E-state index in [1.54, 1.807) is 19.2 Å². The predicted octanol–water partition coefficient (Wildman–Crippen LogP) is 2.87. The Hall–Kier alpha value is -2.69. The van der Waals surface area contributed by atoms with Crippen LogP contribution in [0.1, 0.15) is 28.8 Å². The van der Waals surface area contributed by atoms with Crippen LogP contribution in [-0.2, 0) is 6.61 Å². The second kappa shape index (κ2) is 6.60. The molecule has 2 N–H and O–H groups in total. The minimum Gasteiger partial charge on any atom is -0.507 e. The molecule has 0 heterocycles. The van der Waals surface area contributed by atoms with Gasteiger partial charge in [0.1, 0.15) is 23.9 Å². The van der Waals surface area contributed by atoms with Crippen LogP contribution < -0.4 is 14.8 Å². The summed E-state index contributed by atoms with van der Waals surface area (Å²) in [5, 5.41) is 12.9. The number of hydrogen-bond acceptors (Lipinski definition) is 4. The molecule has 120 valence electrons. The number of ether oxygens (including phenoxy) is 2. The van der Waals surface area contributed by atoms with Crippen molar-refractivity contribution in [3.8, 4) is 17.2 Å². The second-order valence-corrected chi connectivity index (χ2v) is 5.56. The van der Waals surface area contributed by atoms with Crippen molar-refractivity contribution in [1.29, 1.82) is 0 Å². The van der Waals surface area contributed by atoms with Crippen LogP contribution in [0.15, 0.2) is 42.5 Å². The Kier molecular flexibility index (Phi) is 4.37. The van der Waals surface area contributed by atoms with Crippen molar-refractivity contribution in [1.82, 2.24) is 5.32 Å². The van der Waals surface area contributed by atoms with Gasteiger partial charge in [-0.2, -0.15) is 0 Å². The average Bonchev–Trinajstić information content (AvgIpc) is 3.37. The zero-order valence-corrected chi connectivity index (χ0v) is 12.9. The lowest BCUT2D eigenvalue weighted by molar-refractivity contribution is 0.0948. The van der Waals surface area contributed by atoms with Gasteiger partial charge in [-0.15, -0.1) is 0 Å². The standard InChI is InChI=1S/C18H19NO4/c1-22-14-6-2-12(3-7-14)11-23-15-8-9-16(17(20)10-15)18(21)19-13-4-5-13/h2-3,6-10,13,20H,4-5,11H2,1H3,(H,19,21). The van der Waals surface area contributed by atoms with E-state index >= 15 is 0 Å². The van der Waals surface area contributed by atoms with E-state index in [0.717, 1.165) is 24.2 Å². The van der Waals surface area contributed by atoms with E-state index in [2.05, 4.69) is 5.32 Å². The number of hydrogen-bond donors (Lipinski definition) is 2. The highest BCUT2D eigenvalue weighted by molar-refractivity contribution is 5.97. The fourth-order valence-corrected chi connectivity index (χ4v) is 2.17. The first-order valence-corrected chi connectivity index (χ1v) is 7.55. The van der Waals surface area contributed by atoms with E-state index in [0.29, 0.717) is 12.4 Å². The van der Waals surface area contributed by atoms with Gasteiger partial charge in [-0.25, -0.2) is 0 Å². The monoisotopic (exact) mass is 313 g/mol. The molecule has 3 rings (SSSR count). The minimum atomic E-state index is -0.244. The highest BCUT2D eigenvalue weighted by atomic mass is 16.5. The van der Waals surface area contributed by atoms with E-state index in [1.165, 1.54) is 6.07 Å². The van der Waals surface area contributed by atoms with Crippen LogP contribution in [0.3, 0.4) is 0 Å². The lowest BCUT2D eigenvalue weighted by atomic mass is 10.1. The summed E-state index contributed by atoms with van der Waals surface area (Å²) >= 11 is 0. The normalized spacial score (nSPS) is 13.4. The molecule has 0 aromatic heterocycles. The number of phenolic OH excluding ortho intramolecular Hbond substituents is 1. The Bertz CT molecular complexity index is 693. The van der Waals surface area contributed by atoms with Gasteiger partial charge in [0.05, 0.1) is 12.7 Å². The fourth-order valence-electron chi connectivity index (χ4n) is 2.17. The van der Waals surface area contributed by atoms with Gasteiger partial charge in [0.15, 0.2) is 0 Å². The van der Waals surface area contributed by atoms with Crippen molar-refractivity contribution in [2.24, 2.45) is 0 Å². The molecule has 1 aliphatic rings. The number of nitrogens with one attached hydrogen (secondary N) is 1. The molecule has 1 aliphatic carbocycles. The first kappa shape index (κ1) is 15.2. The van der Waals surface area contributed by atoms with Crippen LogP contribution in [0.2, 0.25) is 0 Å². The van der Waals surface area contributed by atoms with Gasteiger partial charge in [0, 0.05) is 12.1 Å². The molecule has 2 aromatic rings. The third kappa shape index (κ3) is 3.94. The number of phenols is 1. The number of carbonyl (C=O) groups is 1.